The lowest BCUT2D eigenvalue weighted by molar-refractivity contribution is -0.190. The molecule has 4 nitrogen and oxygen atoms in total. The highest BCUT2D eigenvalue weighted by atomic mass is 32.2. The van der Waals surface area contributed by atoms with Crippen LogP contribution in [0.15, 0.2) is 30.3 Å². The van der Waals surface area contributed by atoms with Crippen LogP contribution in [0.4, 0.5) is 8.78 Å². The second-order valence-electron chi connectivity index (χ2n) is 5.84. The normalized spacial score (nSPS) is 18.6. The van der Waals surface area contributed by atoms with E-state index in [-0.39, 0.29) is 25.1 Å². The number of alkyl halides is 2. The van der Waals surface area contributed by atoms with Gasteiger partial charge in [0, 0.05) is 28.9 Å². The summed E-state index contributed by atoms with van der Waals surface area (Å²) in [6.45, 7) is -0.107. The Hall–Kier alpha value is -1.34. The van der Waals surface area contributed by atoms with Gasteiger partial charge in [0.15, 0.2) is 0 Å². The molecule has 0 radical (unpaired) electrons. The zero-order chi connectivity index (χ0) is 16.9. The lowest BCUT2D eigenvalue weighted by Crippen LogP contribution is -2.56. The maximum atomic E-state index is 14.0. The molecule has 1 amide bonds. The van der Waals surface area contributed by atoms with Crippen LogP contribution in [0.25, 0.3) is 0 Å². The number of nitrogens with one attached hydrogen (secondary N) is 1. The number of hydrogen-bond donors (Lipinski definition) is 2. The largest absolute Gasteiger partial charge is 0.383 e. The van der Waals surface area contributed by atoms with Gasteiger partial charge in [0.2, 0.25) is 0 Å². The third-order valence-corrected chi connectivity index (χ3v) is 5.40. The van der Waals surface area contributed by atoms with E-state index in [1.807, 2.05) is 30.3 Å². The van der Waals surface area contributed by atoms with E-state index in [0.717, 1.165) is 5.56 Å². The van der Waals surface area contributed by atoms with Gasteiger partial charge in [0.25, 0.3) is 5.91 Å². The Bertz CT molecular complexity index is 560. The highest BCUT2D eigenvalue weighted by molar-refractivity contribution is 7.84. The Morgan fingerprint density at radius 3 is 2.48 bits per heavy atom. The predicted molar refractivity (Wildman–Crippen MR) is 84.5 cm³/mol. The highest BCUT2D eigenvalue weighted by Crippen LogP contribution is 2.41. The Kier molecular flexibility index (Phi) is 5.86. The number of benzene rings is 1. The quantitative estimate of drug-likeness (QED) is 0.794. The molecule has 7 heteroatoms. The van der Waals surface area contributed by atoms with E-state index in [2.05, 4.69) is 5.32 Å². The molecule has 0 spiro atoms. The van der Waals surface area contributed by atoms with Gasteiger partial charge in [-0.1, -0.05) is 43.2 Å². The summed E-state index contributed by atoms with van der Waals surface area (Å²) in [5.41, 5.74) is -1.36. The SMILES string of the molecule is O=C(NCC[S@](=O)Cc1ccccc1)C(F)(F)C1(O)CCCC1. The van der Waals surface area contributed by atoms with Crippen molar-refractivity contribution in [1.29, 1.82) is 0 Å². The standard InChI is InChI=1S/C16H21F2NO3S/c17-16(18,15(21)8-4-5-9-15)14(20)19-10-11-23(22)12-13-6-2-1-3-7-13/h1-3,6-7,21H,4-5,8-12H2,(H,19,20)/t23-/m0/s1. The Labute approximate surface area is 136 Å². The fourth-order valence-corrected chi connectivity index (χ4v) is 3.75. The van der Waals surface area contributed by atoms with Gasteiger partial charge in [0.1, 0.15) is 5.60 Å². The van der Waals surface area contributed by atoms with Crippen molar-refractivity contribution >= 4 is 16.7 Å². The van der Waals surface area contributed by atoms with Crippen LogP contribution in [-0.4, -0.2) is 39.0 Å². The van der Waals surface area contributed by atoms with Crippen LogP contribution in [0.5, 0.6) is 0 Å². The summed E-state index contributed by atoms with van der Waals surface area (Å²) in [6.07, 6.45) is 0.821. The van der Waals surface area contributed by atoms with E-state index < -0.39 is 28.2 Å². The molecule has 1 aromatic rings. The average molecular weight is 345 g/mol. The molecule has 1 aromatic carbocycles. The van der Waals surface area contributed by atoms with E-state index in [1.165, 1.54) is 0 Å². The molecule has 0 aromatic heterocycles. The van der Waals surface area contributed by atoms with Gasteiger partial charge in [-0.05, 0) is 18.4 Å². The first-order valence-corrected chi connectivity index (χ1v) is 9.11. The molecule has 0 saturated heterocycles. The second-order valence-corrected chi connectivity index (χ2v) is 7.42. The van der Waals surface area contributed by atoms with Crippen LogP contribution >= 0.6 is 0 Å². The number of carbonyl (C=O) groups excluding carboxylic acids is 1. The molecule has 0 unspecified atom stereocenters. The smallest absolute Gasteiger partial charge is 0.352 e. The molecular weight excluding hydrogens is 324 g/mol. The minimum atomic E-state index is -3.82. The maximum Gasteiger partial charge on any atom is 0.352 e. The lowest BCUT2D eigenvalue weighted by Gasteiger charge is -2.30. The molecule has 23 heavy (non-hydrogen) atoms. The third-order valence-electron chi connectivity index (χ3n) is 4.09. The zero-order valence-corrected chi connectivity index (χ0v) is 13.6. The van der Waals surface area contributed by atoms with Crippen molar-refractivity contribution in [3.63, 3.8) is 0 Å². The summed E-state index contributed by atoms with van der Waals surface area (Å²) in [5, 5.41) is 12.0. The van der Waals surface area contributed by atoms with Crippen molar-refractivity contribution in [2.24, 2.45) is 0 Å². The summed E-state index contributed by atoms with van der Waals surface area (Å²) >= 11 is 0. The van der Waals surface area contributed by atoms with Crippen LogP contribution in [0.3, 0.4) is 0 Å². The minimum Gasteiger partial charge on any atom is -0.383 e. The van der Waals surface area contributed by atoms with Crippen LogP contribution in [0.2, 0.25) is 0 Å². The monoisotopic (exact) mass is 345 g/mol. The van der Waals surface area contributed by atoms with Crippen molar-refractivity contribution in [2.45, 2.75) is 43.0 Å². The van der Waals surface area contributed by atoms with Crippen molar-refractivity contribution in [1.82, 2.24) is 5.32 Å². The van der Waals surface area contributed by atoms with E-state index >= 15 is 0 Å². The summed E-state index contributed by atoms with van der Waals surface area (Å²) in [4.78, 5) is 11.7. The molecule has 2 N–H and O–H groups in total. The molecule has 0 bridgehead atoms. The summed E-state index contributed by atoms with van der Waals surface area (Å²) in [5.74, 6) is -4.89. The van der Waals surface area contributed by atoms with Gasteiger partial charge in [-0.25, -0.2) is 0 Å². The fourth-order valence-electron chi connectivity index (χ4n) is 2.71. The van der Waals surface area contributed by atoms with Crippen LogP contribution in [0.1, 0.15) is 31.2 Å². The molecule has 1 aliphatic rings. The lowest BCUT2D eigenvalue weighted by atomic mass is 9.93. The summed E-state index contributed by atoms with van der Waals surface area (Å²) < 4.78 is 40.0. The molecule has 2 rings (SSSR count). The molecule has 1 fully saturated rings. The number of halogens is 2. The second kappa shape index (κ2) is 7.49. The first-order chi connectivity index (χ1) is 10.8. The average Bonchev–Trinajstić information content (AvgIpc) is 2.96. The number of rotatable bonds is 7. The number of hydrogen-bond acceptors (Lipinski definition) is 3. The highest BCUT2D eigenvalue weighted by Gasteiger charge is 2.58. The minimum absolute atomic E-state index is 0.0760. The molecule has 0 heterocycles. The van der Waals surface area contributed by atoms with Gasteiger partial charge in [0.05, 0.1) is 0 Å². The van der Waals surface area contributed by atoms with Crippen LogP contribution < -0.4 is 5.32 Å². The first-order valence-electron chi connectivity index (χ1n) is 7.62. The number of carbonyl (C=O) groups is 1. The fraction of sp³-hybridized carbons (Fsp3) is 0.562. The van der Waals surface area contributed by atoms with Gasteiger partial charge in [-0.2, -0.15) is 8.78 Å². The van der Waals surface area contributed by atoms with Gasteiger partial charge < -0.3 is 10.4 Å². The summed E-state index contributed by atoms with van der Waals surface area (Å²) in [6, 6.07) is 9.18. The third kappa shape index (κ3) is 4.35. The zero-order valence-electron chi connectivity index (χ0n) is 12.8. The maximum absolute atomic E-state index is 14.0. The van der Waals surface area contributed by atoms with Gasteiger partial charge in [-0.15, -0.1) is 0 Å². The number of amides is 1. The number of aliphatic hydroxyl groups is 1. The van der Waals surface area contributed by atoms with E-state index in [1.54, 1.807) is 0 Å². The van der Waals surface area contributed by atoms with Crippen LogP contribution in [0, 0.1) is 0 Å². The predicted octanol–water partition coefficient (Wildman–Crippen LogP) is 1.99. The van der Waals surface area contributed by atoms with Gasteiger partial charge in [-0.3, -0.25) is 9.00 Å². The van der Waals surface area contributed by atoms with Crippen molar-refractivity contribution in [3.8, 4) is 0 Å². The van der Waals surface area contributed by atoms with Crippen molar-refractivity contribution < 1.29 is 22.9 Å². The summed E-state index contributed by atoms with van der Waals surface area (Å²) in [7, 11) is -1.25. The molecule has 0 aliphatic heterocycles. The molecule has 1 atom stereocenters. The van der Waals surface area contributed by atoms with Gasteiger partial charge >= 0.3 is 5.92 Å². The van der Waals surface area contributed by atoms with Crippen molar-refractivity contribution in [3.05, 3.63) is 35.9 Å². The molecule has 128 valence electrons. The van der Waals surface area contributed by atoms with Crippen LogP contribution in [-0.2, 0) is 21.3 Å². The van der Waals surface area contributed by atoms with Crippen molar-refractivity contribution in [2.75, 3.05) is 12.3 Å². The van der Waals surface area contributed by atoms with E-state index in [4.69, 9.17) is 0 Å². The molecule has 1 aliphatic carbocycles. The van der Waals surface area contributed by atoms with E-state index in [0.29, 0.717) is 18.6 Å². The topological polar surface area (TPSA) is 66.4 Å². The first kappa shape index (κ1) is 18.0. The Morgan fingerprint density at radius 2 is 1.87 bits per heavy atom. The molecular formula is C16H21F2NO3S. The Morgan fingerprint density at radius 1 is 1.26 bits per heavy atom. The molecule has 1 saturated carbocycles. The van der Waals surface area contributed by atoms with E-state index in [9.17, 15) is 22.9 Å². The Balaban J connectivity index is 1.79.